The summed E-state index contributed by atoms with van der Waals surface area (Å²) in [5, 5.41) is 0. The van der Waals surface area contributed by atoms with Gasteiger partial charge in [-0.25, -0.2) is 4.39 Å². The van der Waals surface area contributed by atoms with E-state index in [2.05, 4.69) is 41.0 Å². The summed E-state index contributed by atoms with van der Waals surface area (Å²) in [5.74, 6) is 0.865. The first-order valence-corrected chi connectivity index (χ1v) is 8.29. The minimum atomic E-state index is -1.02. The summed E-state index contributed by atoms with van der Waals surface area (Å²) in [6, 6.07) is 9.00. The lowest BCUT2D eigenvalue weighted by atomic mass is 9.95. The lowest BCUT2D eigenvalue weighted by Gasteiger charge is -2.22. The van der Waals surface area contributed by atoms with Gasteiger partial charge in [-0.2, -0.15) is 0 Å². The Hall–Kier alpha value is -1.09. The Labute approximate surface area is 126 Å². The predicted octanol–water partition coefficient (Wildman–Crippen LogP) is 3.22. The monoisotopic (exact) mass is 288 g/mol. The van der Waals surface area contributed by atoms with E-state index in [1.807, 2.05) is 0 Å². The molecule has 1 aliphatic carbocycles. The van der Waals surface area contributed by atoms with Crippen LogP contribution in [0.3, 0.4) is 0 Å². The molecule has 0 bridgehead atoms. The molecule has 0 radical (unpaired) electrons. The molecule has 114 valence electrons. The molecule has 3 fully saturated rings. The predicted molar refractivity (Wildman–Crippen MR) is 84.7 cm³/mol. The van der Waals surface area contributed by atoms with Gasteiger partial charge in [0.1, 0.15) is 5.67 Å². The lowest BCUT2D eigenvalue weighted by Crippen LogP contribution is -2.27. The Bertz CT molecular complexity index is 539. The van der Waals surface area contributed by atoms with Crippen LogP contribution in [0.25, 0.3) is 0 Å². The third kappa shape index (κ3) is 2.17. The van der Waals surface area contributed by atoms with Gasteiger partial charge in [0.2, 0.25) is 0 Å². The van der Waals surface area contributed by atoms with Gasteiger partial charge in [0.05, 0.1) is 6.54 Å². The summed E-state index contributed by atoms with van der Waals surface area (Å²) in [4.78, 5) is 4.75. The molecule has 3 heteroatoms. The number of hydrogen-bond acceptors (Lipinski definition) is 2. The molecule has 0 N–H and O–H groups in total. The van der Waals surface area contributed by atoms with Crippen molar-refractivity contribution in [3.8, 4) is 0 Å². The number of piperidine rings is 1. The molecular formula is C18H25FN2. The first-order chi connectivity index (χ1) is 10.0. The normalized spacial score (nSPS) is 38.8. The van der Waals surface area contributed by atoms with E-state index in [4.69, 9.17) is 0 Å². The van der Waals surface area contributed by atoms with E-state index in [1.54, 1.807) is 6.92 Å². The fourth-order valence-corrected chi connectivity index (χ4v) is 4.42. The van der Waals surface area contributed by atoms with Crippen molar-refractivity contribution >= 4 is 5.69 Å². The average molecular weight is 288 g/mol. The molecule has 1 aromatic rings. The SMILES string of the molecule is CCN1CC2CC2(c2ccc(N3CCC(C)(F)C3)cc2)C1. The van der Waals surface area contributed by atoms with Gasteiger partial charge in [0.25, 0.3) is 0 Å². The van der Waals surface area contributed by atoms with Crippen molar-refractivity contribution in [2.75, 3.05) is 37.6 Å². The second kappa shape index (κ2) is 4.45. The molecule has 0 amide bonds. The molecule has 2 heterocycles. The molecule has 0 aromatic heterocycles. The average Bonchev–Trinajstić information content (AvgIpc) is 2.86. The number of halogens is 1. The van der Waals surface area contributed by atoms with Crippen molar-refractivity contribution < 1.29 is 4.39 Å². The number of nitrogens with zero attached hydrogens (tertiary/aromatic N) is 2. The highest BCUT2D eigenvalue weighted by Gasteiger charge is 2.60. The van der Waals surface area contributed by atoms with Crippen LogP contribution in [-0.4, -0.2) is 43.3 Å². The van der Waals surface area contributed by atoms with E-state index in [0.29, 0.717) is 18.4 Å². The number of benzene rings is 1. The van der Waals surface area contributed by atoms with Crippen LogP contribution in [0.15, 0.2) is 24.3 Å². The van der Waals surface area contributed by atoms with Crippen LogP contribution in [0.5, 0.6) is 0 Å². The number of likely N-dealkylation sites (tertiary alicyclic amines) is 1. The largest absolute Gasteiger partial charge is 0.368 e. The highest BCUT2D eigenvalue weighted by molar-refractivity contribution is 5.51. The maximum absolute atomic E-state index is 14.0. The molecule has 0 spiro atoms. The summed E-state index contributed by atoms with van der Waals surface area (Å²) in [6.07, 6.45) is 2.00. The van der Waals surface area contributed by atoms with Crippen molar-refractivity contribution in [1.82, 2.24) is 4.90 Å². The van der Waals surface area contributed by atoms with Crippen molar-refractivity contribution in [3.63, 3.8) is 0 Å². The Morgan fingerprint density at radius 1 is 1.24 bits per heavy atom. The Kier molecular flexibility index (Phi) is 2.88. The zero-order valence-corrected chi connectivity index (χ0v) is 13.1. The molecule has 3 aliphatic rings. The fourth-order valence-electron chi connectivity index (χ4n) is 4.42. The summed E-state index contributed by atoms with van der Waals surface area (Å²) in [6.45, 7) is 8.99. The number of likely N-dealkylation sites (N-methyl/N-ethyl adjacent to an activating group) is 1. The standard InChI is InChI=1S/C18H25FN2/c1-3-20-11-15-10-18(15,13-20)14-4-6-16(7-5-14)21-9-8-17(2,19)12-21/h4-7,15H,3,8-13H2,1-2H3. The molecule has 1 saturated carbocycles. The highest BCUT2D eigenvalue weighted by Crippen LogP contribution is 2.59. The zero-order chi connectivity index (χ0) is 14.7. The van der Waals surface area contributed by atoms with Crippen molar-refractivity contribution in [2.24, 2.45) is 5.92 Å². The molecule has 2 saturated heterocycles. The summed E-state index contributed by atoms with van der Waals surface area (Å²) in [7, 11) is 0. The van der Waals surface area contributed by atoms with Crippen LogP contribution >= 0.6 is 0 Å². The van der Waals surface area contributed by atoms with E-state index < -0.39 is 5.67 Å². The summed E-state index contributed by atoms with van der Waals surface area (Å²) in [5.41, 5.74) is 2.09. The van der Waals surface area contributed by atoms with Crippen LogP contribution in [0, 0.1) is 5.92 Å². The number of rotatable bonds is 3. The van der Waals surface area contributed by atoms with Crippen LogP contribution in [0.2, 0.25) is 0 Å². The second-order valence-electron chi connectivity index (χ2n) is 7.52. The second-order valence-corrected chi connectivity index (χ2v) is 7.52. The van der Waals surface area contributed by atoms with E-state index in [9.17, 15) is 4.39 Å². The van der Waals surface area contributed by atoms with E-state index in [-0.39, 0.29) is 0 Å². The van der Waals surface area contributed by atoms with Gasteiger partial charge in [-0.3, -0.25) is 0 Å². The van der Waals surface area contributed by atoms with Crippen LogP contribution < -0.4 is 4.90 Å². The molecule has 3 unspecified atom stereocenters. The molecule has 3 atom stereocenters. The van der Waals surface area contributed by atoms with Gasteiger partial charge in [-0.1, -0.05) is 19.1 Å². The summed E-state index contributed by atoms with van der Waals surface area (Å²) >= 11 is 0. The van der Waals surface area contributed by atoms with Gasteiger partial charge >= 0.3 is 0 Å². The van der Waals surface area contributed by atoms with Crippen molar-refractivity contribution in [2.45, 2.75) is 37.8 Å². The van der Waals surface area contributed by atoms with E-state index >= 15 is 0 Å². The Morgan fingerprint density at radius 3 is 2.57 bits per heavy atom. The van der Waals surface area contributed by atoms with Crippen molar-refractivity contribution in [1.29, 1.82) is 0 Å². The fraction of sp³-hybridized carbons (Fsp3) is 0.667. The molecule has 21 heavy (non-hydrogen) atoms. The zero-order valence-electron chi connectivity index (χ0n) is 13.1. The minimum absolute atomic E-state index is 0.439. The number of hydrogen-bond donors (Lipinski definition) is 0. The molecule has 4 rings (SSSR count). The smallest absolute Gasteiger partial charge is 0.127 e. The van der Waals surface area contributed by atoms with Crippen LogP contribution in [0.4, 0.5) is 10.1 Å². The third-order valence-corrected chi connectivity index (χ3v) is 5.89. The summed E-state index contributed by atoms with van der Waals surface area (Å²) < 4.78 is 14.0. The number of alkyl halides is 1. The number of fused-ring (bicyclic) bond motifs is 1. The quantitative estimate of drug-likeness (QED) is 0.842. The topological polar surface area (TPSA) is 6.48 Å². The van der Waals surface area contributed by atoms with E-state index in [0.717, 1.165) is 12.5 Å². The maximum Gasteiger partial charge on any atom is 0.127 e. The highest BCUT2D eigenvalue weighted by atomic mass is 19.1. The van der Waals surface area contributed by atoms with Gasteiger partial charge in [-0.05, 0) is 43.5 Å². The lowest BCUT2D eigenvalue weighted by molar-refractivity contribution is 0.221. The minimum Gasteiger partial charge on any atom is -0.368 e. The molecule has 1 aromatic carbocycles. The van der Waals surface area contributed by atoms with Crippen molar-refractivity contribution in [3.05, 3.63) is 29.8 Å². The Morgan fingerprint density at radius 2 is 2.00 bits per heavy atom. The first-order valence-electron chi connectivity index (χ1n) is 8.29. The Balaban J connectivity index is 1.50. The van der Waals surface area contributed by atoms with E-state index in [1.165, 1.54) is 37.3 Å². The first kappa shape index (κ1) is 13.6. The molecule has 2 nitrogen and oxygen atoms in total. The van der Waals surface area contributed by atoms with Gasteiger partial charge in [0, 0.05) is 37.2 Å². The van der Waals surface area contributed by atoms with Crippen LogP contribution in [0.1, 0.15) is 32.3 Å². The third-order valence-electron chi connectivity index (χ3n) is 5.89. The molecule has 2 aliphatic heterocycles. The van der Waals surface area contributed by atoms with Gasteiger partial charge in [0.15, 0.2) is 0 Å². The van der Waals surface area contributed by atoms with Crippen LogP contribution in [-0.2, 0) is 5.41 Å². The maximum atomic E-state index is 14.0. The van der Waals surface area contributed by atoms with Gasteiger partial charge < -0.3 is 9.80 Å². The molecular weight excluding hydrogens is 263 g/mol. The number of anilines is 1. The van der Waals surface area contributed by atoms with Gasteiger partial charge in [-0.15, -0.1) is 0 Å².